The highest BCUT2D eigenvalue weighted by atomic mass is 35.5. The zero-order valence-corrected chi connectivity index (χ0v) is 16.8. The smallest absolute Gasteiger partial charge is 0.293 e. The van der Waals surface area contributed by atoms with E-state index in [1.165, 1.54) is 17.6 Å². The molecule has 2 fully saturated rings. The van der Waals surface area contributed by atoms with E-state index in [2.05, 4.69) is 5.32 Å². The van der Waals surface area contributed by atoms with Crippen LogP contribution in [0.3, 0.4) is 0 Å². The lowest BCUT2D eigenvalue weighted by Crippen LogP contribution is -2.44. The van der Waals surface area contributed by atoms with Crippen LogP contribution in [0.4, 0.5) is 5.69 Å². The monoisotopic (exact) mass is 403 g/mol. The van der Waals surface area contributed by atoms with Gasteiger partial charge in [-0.2, -0.15) is 0 Å². The molecule has 1 spiro atoms. The van der Waals surface area contributed by atoms with Gasteiger partial charge in [-0.1, -0.05) is 12.1 Å². The van der Waals surface area contributed by atoms with Gasteiger partial charge in [0, 0.05) is 26.7 Å². The molecule has 2 aromatic rings. The third-order valence-corrected chi connectivity index (χ3v) is 5.98. The van der Waals surface area contributed by atoms with E-state index in [-0.39, 0.29) is 30.0 Å². The van der Waals surface area contributed by atoms with Gasteiger partial charge in [0.05, 0.1) is 17.5 Å². The van der Waals surface area contributed by atoms with E-state index >= 15 is 0 Å². The van der Waals surface area contributed by atoms with Gasteiger partial charge in [-0.25, -0.2) is 0 Å². The van der Waals surface area contributed by atoms with Crippen molar-refractivity contribution in [2.45, 2.75) is 19.3 Å². The van der Waals surface area contributed by atoms with E-state index in [9.17, 15) is 9.59 Å². The maximum absolute atomic E-state index is 13.2. The van der Waals surface area contributed by atoms with Crippen LogP contribution in [0.2, 0.25) is 0 Å². The van der Waals surface area contributed by atoms with E-state index in [1.54, 1.807) is 31.3 Å². The summed E-state index contributed by atoms with van der Waals surface area (Å²) >= 11 is 0. The van der Waals surface area contributed by atoms with Crippen LogP contribution in [0, 0.1) is 5.41 Å². The summed E-state index contributed by atoms with van der Waals surface area (Å²) < 4.78 is 5.22. The Bertz CT molecular complexity index is 821. The van der Waals surface area contributed by atoms with Crippen molar-refractivity contribution in [3.63, 3.8) is 0 Å². The van der Waals surface area contributed by atoms with Crippen LogP contribution in [0.15, 0.2) is 47.1 Å². The van der Waals surface area contributed by atoms with Crippen LogP contribution in [-0.2, 0) is 0 Å². The molecule has 7 heteroatoms. The number of hydrogen-bond acceptors (Lipinski definition) is 4. The number of anilines is 1. The molecular formula is C21H26ClN3O3. The Hall–Kier alpha value is -2.31. The Morgan fingerprint density at radius 3 is 2.50 bits per heavy atom. The number of nitrogens with zero attached hydrogens (tertiary/aromatic N) is 2. The molecule has 1 aromatic heterocycles. The first-order chi connectivity index (χ1) is 13.1. The molecule has 2 aliphatic heterocycles. The fourth-order valence-corrected chi connectivity index (χ4v) is 4.20. The molecule has 1 N–H and O–H groups in total. The summed E-state index contributed by atoms with van der Waals surface area (Å²) in [6, 6.07) is 10.6. The fraction of sp³-hybridized carbons (Fsp3) is 0.429. The van der Waals surface area contributed by atoms with Crippen LogP contribution < -0.4 is 10.2 Å². The average molecular weight is 404 g/mol. The van der Waals surface area contributed by atoms with Crippen molar-refractivity contribution in [2.75, 3.05) is 38.1 Å². The molecule has 0 bridgehead atoms. The van der Waals surface area contributed by atoms with Crippen LogP contribution in [0.1, 0.15) is 40.2 Å². The predicted molar refractivity (Wildman–Crippen MR) is 110 cm³/mol. The van der Waals surface area contributed by atoms with Crippen molar-refractivity contribution in [1.29, 1.82) is 0 Å². The molecule has 0 aliphatic carbocycles. The van der Waals surface area contributed by atoms with E-state index in [4.69, 9.17) is 4.42 Å². The predicted octanol–water partition coefficient (Wildman–Crippen LogP) is 3.19. The third-order valence-electron chi connectivity index (χ3n) is 5.98. The molecule has 2 saturated heterocycles. The minimum atomic E-state index is -0.269. The van der Waals surface area contributed by atoms with Crippen molar-refractivity contribution >= 4 is 29.9 Å². The van der Waals surface area contributed by atoms with Crippen LogP contribution in [-0.4, -0.2) is 49.9 Å². The number of hydrogen-bond donors (Lipinski definition) is 1. The van der Waals surface area contributed by atoms with Gasteiger partial charge in [0.1, 0.15) is 0 Å². The van der Waals surface area contributed by atoms with E-state index in [0.29, 0.717) is 16.7 Å². The molecule has 2 amide bonds. The van der Waals surface area contributed by atoms with Gasteiger partial charge in [0.25, 0.3) is 11.8 Å². The summed E-state index contributed by atoms with van der Waals surface area (Å²) in [5, 5.41) is 3.45. The number of halogens is 1. The number of piperidine rings is 1. The summed E-state index contributed by atoms with van der Waals surface area (Å²) in [5.41, 5.74) is 1.52. The summed E-state index contributed by atoms with van der Waals surface area (Å²) in [7, 11) is 1.67. The maximum atomic E-state index is 13.2. The first-order valence-corrected chi connectivity index (χ1v) is 9.50. The van der Waals surface area contributed by atoms with Gasteiger partial charge in [-0.05, 0) is 55.5 Å². The second-order valence-electron chi connectivity index (χ2n) is 7.58. The molecule has 4 rings (SSSR count). The first kappa shape index (κ1) is 20.4. The molecular weight excluding hydrogens is 378 g/mol. The zero-order chi connectivity index (χ0) is 18.9. The average Bonchev–Trinajstić information content (AvgIpc) is 3.40. The fourth-order valence-electron chi connectivity index (χ4n) is 4.20. The Kier molecular flexibility index (Phi) is 6.10. The number of carbonyl (C=O) groups excluding carboxylic acids is 2. The Balaban J connectivity index is 0.00000225. The molecule has 0 unspecified atom stereocenters. The van der Waals surface area contributed by atoms with Crippen molar-refractivity contribution in [1.82, 2.24) is 10.2 Å². The number of furan rings is 1. The highest BCUT2D eigenvalue weighted by molar-refractivity contribution is 6.09. The Morgan fingerprint density at radius 1 is 1.11 bits per heavy atom. The molecule has 0 saturated carbocycles. The molecule has 1 aromatic carbocycles. The molecule has 2 aliphatic rings. The minimum Gasteiger partial charge on any atom is -0.459 e. The topological polar surface area (TPSA) is 65.8 Å². The standard InChI is InChI=1S/C21H25N3O3.ClH/c1-23(20(26)18-7-4-14-27-18)17-6-3-2-5-16(17)19(25)24-12-9-21(10-13-24)8-11-22-15-21;/h2-7,14,22H,8-13,15H2,1H3;1H. The normalized spacial score (nSPS) is 18.0. The number of carbonyl (C=O) groups is 2. The molecule has 0 radical (unpaired) electrons. The Morgan fingerprint density at radius 2 is 1.86 bits per heavy atom. The quantitative estimate of drug-likeness (QED) is 0.854. The number of benzene rings is 1. The lowest BCUT2D eigenvalue weighted by Gasteiger charge is -2.39. The molecule has 6 nitrogen and oxygen atoms in total. The number of amides is 2. The maximum Gasteiger partial charge on any atom is 0.293 e. The van der Waals surface area contributed by atoms with Gasteiger partial charge in [-0.15, -0.1) is 12.4 Å². The summed E-state index contributed by atoms with van der Waals surface area (Å²) in [6.07, 6.45) is 4.75. The summed E-state index contributed by atoms with van der Waals surface area (Å²) in [5.74, 6) is -0.0197. The highest BCUT2D eigenvalue weighted by Gasteiger charge is 2.38. The van der Waals surface area contributed by atoms with Crippen molar-refractivity contribution in [3.05, 3.63) is 54.0 Å². The van der Waals surface area contributed by atoms with Gasteiger partial charge in [0.15, 0.2) is 5.76 Å². The van der Waals surface area contributed by atoms with E-state index in [0.717, 1.165) is 39.0 Å². The summed E-state index contributed by atoms with van der Waals surface area (Å²) in [4.78, 5) is 29.2. The second-order valence-corrected chi connectivity index (χ2v) is 7.58. The van der Waals surface area contributed by atoms with Gasteiger partial charge in [0.2, 0.25) is 0 Å². The SMILES string of the molecule is CN(C(=O)c1ccco1)c1ccccc1C(=O)N1CCC2(CCNC2)CC1.Cl. The lowest BCUT2D eigenvalue weighted by molar-refractivity contribution is 0.0608. The van der Waals surface area contributed by atoms with Crippen molar-refractivity contribution < 1.29 is 14.0 Å². The van der Waals surface area contributed by atoms with E-state index < -0.39 is 0 Å². The highest BCUT2D eigenvalue weighted by Crippen LogP contribution is 2.37. The van der Waals surface area contributed by atoms with Crippen LogP contribution in [0.5, 0.6) is 0 Å². The number of likely N-dealkylation sites (tertiary alicyclic amines) is 1. The lowest BCUT2D eigenvalue weighted by atomic mass is 9.78. The zero-order valence-electron chi connectivity index (χ0n) is 16.0. The largest absolute Gasteiger partial charge is 0.459 e. The van der Waals surface area contributed by atoms with Gasteiger partial charge >= 0.3 is 0 Å². The van der Waals surface area contributed by atoms with Crippen molar-refractivity contribution in [3.8, 4) is 0 Å². The molecule has 0 atom stereocenters. The van der Waals surface area contributed by atoms with Crippen molar-refractivity contribution in [2.24, 2.45) is 5.41 Å². The minimum absolute atomic E-state index is 0. The Labute approximate surface area is 171 Å². The van der Waals surface area contributed by atoms with Gasteiger partial charge in [-0.3, -0.25) is 9.59 Å². The number of nitrogens with one attached hydrogen (secondary N) is 1. The van der Waals surface area contributed by atoms with E-state index in [1.807, 2.05) is 17.0 Å². The molecule has 150 valence electrons. The first-order valence-electron chi connectivity index (χ1n) is 9.50. The number of para-hydroxylation sites is 1. The van der Waals surface area contributed by atoms with Gasteiger partial charge < -0.3 is 19.5 Å². The van der Waals surface area contributed by atoms with Crippen LogP contribution >= 0.6 is 12.4 Å². The van der Waals surface area contributed by atoms with Crippen LogP contribution in [0.25, 0.3) is 0 Å². The summed E-state index contributed by atoms with van der Waals surface area (Å²) in [6.45, 7) is 3.68. The second kappa shape index (κ2) is 8.37. The third kappa shape index (κ3) is 3.80. The molecule has 28 heavy (non-hydrogen) atoms. The molecule has 3 heterocycles. The number of rotatable bonds is 3.